The normalized spacial score (nSPS) is 14.6. The minimum absolute atomic E-state index is 0.0848. The first-order valence-corrected chi connectivity index (χ1v) is 11.4. The molecule has 1 aromatic heterocycles. The van der Waals surface area contributed by atoms with Gasteiger partial charge in [0.15, 0.2) is 11.6 Å². The molecule has 1 N–H and O–H groups in total. The lowest BCUT2D eigenvalue weighted by atomic mass is 10.0. The van der Waals surface area contributed by atoms with Crippen LogP contribution < -0.4 is 5.32 Å². The number of carbonyl (C=O) groups excluding carboxylic acids is 1. The lowest BCUT2D eigenvalue weighted by molar-refractivity contribution is -0.113. The minimum atomic E-state index is -3.89. The summed E-state index contributed by atoms with van der Waals surface area (Å²) in [5, 5.41) is 11.2. The third-order valence-corrected chi connectivity index (χ3v) is 6.41. The molecule has 0 saturated carbocycles. The third-order valence-electron chi connectivity index (χ3n) is 4.43. The van der Waals surface area contributed by atoms with Crippen LogP contribution in [0.25, 0.3) is 5.69 Å². The van der Waals surface area contributed by atoms with Crippen LogP contribution in [-0.2, 0) is 21.2 Å². The van der Waals surface area contributed by atoms with Gasteiger partial charge >= 0.3 is 0 Å². The number of carbonyl (C=O) groups is 1. The van der Waals surface area contributed by atoms with Crippen molar-refractivity contribution in [3.8, 4) is 5.69 Å². The van der Waals surface area contributed by atoms with E-state index in [1.807, 2.05) is 46.9 Å². The second kappa shape index (κ2) is 8.03. The Kier molecular flexibility index (Phi) is 5.46. The maximum Gasteiger partial charge on any atom is 0.286 e. The molecule has 0 saturated heterocycles. The summed E-state index contributed by atoms with van der Waals surface area (Å²) in [6, 6.07) is 12.6. The molecular formula is C19H16IN5O3S. The van der Waals surface area contributed by atoms with Crippen LogP contribution in [-0.4, -0.2) is 35.0 Å². The molecule has 2 aromatic carbocycles. The maximum atomic E-state index is 12.6. The van der Waals surface area contributed by atoms with Crippen LogP contribution in [0.2, 0.25) is 0 Å². The van der Waals surface area contributed by atoms with Crippen LogP contribution in [0, 0.1) is 3.57 Å². The predicted molar refractivity (Wildman–Crippen MR) is 117 cm³/mol. The van der Waals surface area contributed by atoms with Gasteiger partial charge in [0.1, 0.15) is 4.90 Å². The van der Waals surface area contributed by atoms with Crippen molar-refractivity contribution >= 4 is 49.9 Å². The van der Waals surface area contributed by atoms with Gasteiger partial charge in [-0.1, -0.05) is 18.2 Å². The van der Waals surface area contributed by atoms with Gasteiger partial charge in [0.05, 0.1) is 23.8 Å². The van der Waals surface area contributed by atoms with E-state index >= 15 is 0 Å². The highest BCUT2D eigenvalue weighted by molar-refractivity contribution is 14.1. The minimum Gasteiger partial charge on any atom is -0.335 e. The van der Waals surface area contributed by atoms with Gasteiger partial charge in [-0.15, -0.1) is 4.40 Å². The largest absolute Gasteiger partial charge is 0.335 e. The molecule has 0 fully saturated rings. The van der Waals surface area contributed by atoms with Gasteiger partial charge in [0.25, 0.3) is 10.0 Å². The number of ketones is 1. The van der Waals surface area contributed by atoms with Crippen LogP contribution in [0.4, 0.5) is 5.69 Å². The van der Waals surface area contributed by atoms with Crippen molar-refractivity contribution in [3.63, 3.8) is 0 Å². The van der Waals surface area contributed by atoms with Gasteiger partial charge in [0.2, 0.25) is 0 Å². The third kappa shape index (κ3) is 4.22. The van der Waals surface area contributed by atoms with Crippen LogP contribution in [0.3, 0.4) is 0 Å². The van der Waals surface area contributed by atoms with Crippen molar-refractivity contribution in [2.24, 2.45) is 4.40 Å². The number of nitrogens with zero attached hydrogens (tertiary/aromatic N) is 4. The Balaban J connectivity index is 1.46. The van der Waals surface area contributed by atoms with E-state index in [1.165, 1.54) is 10.9 Å². The number of amidine groups is 1. The Morgan fingerprint density at radius 3 is 2.66 bits per heavy atom. The molecule has 1 aliphatic rings. The van der Waals surface area contributed by atoms with Crippen LogP contribution in [0.1, 0.15) is 18.4 Å². The number of hydrogen-bond donors (Lipinski definition) is 1. The second-order valence-electron chi connectivity index (χ2n) is 6.40. The molecule has 4 rings (SSSR count). The van der Waals surface area contributed by atoms with E-state index in [0.717, 1.165) is 14.8 Å². The molecule has 0 amide bonds. The number of aromatic nitrogens is 3. The Labute approximate surface area is 181 Å². The lowest BCUT2D eigenvalue weighted by Gasteiger charge is -2.17. The van der Waals surface area contributed by atoms with Gasteiger partial charge in [-0.3, -0.25) is 4.79 Å². The number of fused-ring (bicyclic) bond motifs is 1. The van der Waals surface area contributed by atoms with Crippen molar-refractivity contribution in [1.82, 2.24) is 15.0 Å². The number of rotatable bonds is 6. The number of aryl methyl sites for hydroxylation is 1. The molecule has 0 spiro atoms. The summed E-state index contributed by atoms with van der Waals surface area (Å²) in [5.41, 5.74) is 2.23. The average Bonchev–Trinajstić information content (AvgIpc) is 3.23. The molecule has 0 bridgehead atoms. The van der Waals surface area contributed by atoms with Crippen molar-refractivity contribution in [2.45, 2.75) is 24.2 Å². The zero-order valence-electron chi connectivity index (χ0n) is 15.1. The number of halogens is 1. The van der Waals surface area contributed by atoms with Gasteiger partial charge in [0, 0.05) is 9.99 Å². The number of nitrogens with one attached hydrogen (secondary N) is 1. The average molecular weight is 521 g/mol. The van der Waals surface area contributed by atoms with Crippen LogP contribution in [0.15, 0.2) is 64.2 Å². The van der Waals surface area contributed by atoms with Crippen molar-refractivity contribution < 1.29 is 13.2 Å². The molecule has 2 heterocycles. The molecule has 0 aliphatic carbocycles. The fraction of sp³-hybridized carbons (Fsp3) is 0.158. The topological polar surface area (TPSA) is 106 Å². The molecule has 0 radical (unpaired) electrons. The van der Waals surface area contributed by atoms with Crippen LogP contribution in [0.5, 0.6) is 0 Å². The summed E-state index contributed by atoms with van der Waals surface area (Å²) < 4.78 is 29.3. The fourth-order valence-corrected chi connectivity index (χ4v) is 4.93. The summed E-state index contributed by atoms with van der Waals surface area (Å²) in [4.78, 5) is 14.2. The quantitative estimate of drug-likeness (QED) is 0.500. The molecule has 148 valence electrons. The number of para-hydroxylation sites is 1. The molecule has 8 nitrogen and oxygen atoms in total. The summed E-state index contributed by atoms with van der Waals surface area (Å²) in [5.74, 6) is -0.479. The zero-order valence-corrected chi connectivity index (χ0v) is 18.1. The lowest BCUT2D eigenvalue weighted by Crippen LogP contribution is -2.29. The first-order valence-electron chi connectivity index (χ1n) is 8.83. The Hall–Kier alpha value is -2.60. The van der Waals surface area contributed by atoms with Gasteiger partial charge in [-0.2, -0.15) is 23.4 Å². The highest BCUT2D eigenvalue weighted by Crippen LogP contribution is 2.29. The highest BCUT2D eigenvalue weighted by atomic mass is 127. The summed E-state index contributed by atoms with van der Waals surface area (Å²) in [7, 11) is -3.89. The second-order valence-corrected chi connectivity index (χ2v) is 9.22. The van der Waals surface area contributed by atoms with E-state index in [4.69, 9.17) is 0 Å². The van der Waals surface area contributed by atoms with Gasteiger partial charge < -0.3 is 5.32 Å². The van der Waals surface area contributed by atoms with Crippen LogP contribution >= 0.6 is 22.6 Å². The Morgan fingerprint density at radius 2 is 1.86 bits per heavy atom. The summed E-state index contributed by atoms with van der Waals surface area (Å²) in [6.45, 7) is 0. The van der Waals surface area contributed by atoms with Gasteiger partial charge in [-0.05, 0) is 65.3 Å². The molecule has 3 aromatic rings. The molecular weight excluding hydrogens is 505 g/mol. The van der Waals surface area contributed by atoms with Gasteiger partial charge in [-0.25, -0.2) is 0 Å². The van der Waals surface area contributed by atoms with Crippen molar-refractivity contribution in [3.05, 3.63) is 64.0 Å². The van der Waals surface area contributed by atoms with E-state index in [1.54, 1.807) is 24.5 Å². The number of anilines is 1. The first kappa shape index (κ1) is 19.7. The number of Topliss-reactive ketones (excluding diaryl/α,β-unsaturated/α-hetero) is 1. The number of benzene rings is 2. The monoisotopic (exact) mass is 521 g/mol. The number of hydrogen-bond acceptors (Lipinski definition) is 6. The Morgan fingerprint density at radius 1 is 1.10 bits per heavy atom. The molecule has 29 heavy (non-hydrogen) atoms. The number of sulfonamides is 1. The molecule has 1 aliphatic heterocycles. The summed E-state index contributed by atoms with van der Waals surface area (Å²) in [6.07, 6.45) is 4.54. The molecule has 10 heteroatoms. The highest BCUT2D eigenvalue weighted by Gasteiger charge is 2.28. The predicted octanol–water partition coefficient (Wildman–Crippen LogP) is 2.98. The smallest absolute Gasteiger partial charge is 0.286 e. The Bertz CT molecular complexity index is 1210. The summed E-state index contributed by atoms with van der Waals surface area (Å²) >= 11 is 2.03. The molecule has 0 unspecified atom stereocenters. The van der Waals surface area contributed by atoms with E-state index in [9.17, 15) is 13.2 Å². The van der Waals surface area contributed by atoms with Crippen molar-refractivity contribution in [1.29, 1.82) is 0 Å². The van der Waals surface area contributed by atoms with Crippen molar-refractivity contribution in [2.75, 3.05) is 5.32 Å². The zero-order chi connectivity index (χ0) is 20.4. The first-order chi connectivity index (χ1) is 13.9. The maximum absolute atomic E-state index is 12.6. The van der Waals surface area contributed by atoms with E-state index in [0.29, 0.717) is 18.5 Å². The van der Waals surface area contributed by atoms with E-state index < -0.39 is 10.0 Å². The SMILES string of the molecule is O=C(CCCc1ccccc1-n1nccn1)C1=NS(=O)(=O)c2cc(I)ccc2N1. The fourth-order valence-electron chi connectivity index (χ4n) is 3.07. The van der Waals surface area contributed by atoms with E-state index in [2.05, 4.69) is 19.9 Å². The molecule has 0 atom stereocenters. The standard InChI is InChI=1S/C19H16IN5O3S/c20-14-8-9-15-18(12-14)29(27,28)24-19(23-15)17(26)7-3-5-13-4-1-2-6-16(13)25-21-10-11-22-25/h1-2,4,6,8-12H,3,5,7H2,(H,23,24). The van der Waals surface area contributed by atoms with E-state index in [-0.39, 0.29) is 22.9 Å².